The number of methoxy groups -OCH3 is 1. The molecule has 116 valence electrons. The van der Waals surface area contributed by atoms with Gasteiger partial charge in [0.05, 0.1) is 19.6 Å². The van der Waals surface area contributed by atoms with E-state index in [1.165, 1.54) is 0 Å². The summed E-state index contributed by atoms with van der Waals surface area (Å²) in [6.07, 6.45) is 2.06. The number of rotatable bonds is 6. The number of carbonyl (C=O) groups is 1. The molecule has 0 aromatic heterocycles. The lowest BCUT2D eigenvalue weighted by atomic mass is 9.98. The van der Waals surface area contributed by atoms with Gasteiger partial charge in [-0.2, -0.15) is 0 Å². The maximum Gasteiger partial charge on any atom is 0.226 e. The van der Waals surface area contributed by atoms with Crippen molar-refractivity contribution >= 4 is 5.91 Å². The number of nitrogens with zero attached hydrogens (tertiary/aromatic N) is 1. The van der Waals surface area contributed by atoms with E-state index in [1.54, 1.807) is 12.0 Å². The van der Waals surface area contributed by atoms with Gasteiger partial charge in [0.15, 0.2) is 0 Å². The largest absolute Gasteiger partial charge is 0.497 e. The molecule has 1 aromatic carbocycles. The van der Waals surface area contributed by atoms with E-state index in [1.807, 2.05) is 31.3 Å². The quantitative estimate of drug-likeness (QED) is 0.864. The summed E-state index contributed by atoms with van der Waals surface area (Å²) in [5.74, 6) is 1.92. The zero-order chi connectivity index (χ0) is 15.1. The van der Waals surface area contributed by atoms with Crippen LogP contribution in [0.4, 0.5) is 0 Å². The average Bonchev–Trinajstić information content (AvgIpc) is 2.55. The molecule has 5 nitrogen and oxygen atoms in total. The molecule has 0 spiro atoms. The zero-order valence-electron chi connectivity index (χ0n) is 12.8. The lowest BCUT2D eigenvalue weighted by Gasteiger charge is -2.27. The van der Waals surface area contributed by atoms with Gasteiger partial charge >= 0.3 is 0 Å². The van der Waals surface area contributed by atoms with Crippen molar-refractivity contribution in [2.24, 2.45) is 5.92 Å². The predicted octanol–water partition coefficient (Wildman–Crippen LogP) is 1.53. The maximum atomic E-state index is 12.2. The highest BCUT2D eigenvalue weighted by atomic mass is 16.5. The number of benzene rings is 1. The van der Waals surface area contributed by atoms with Crippen LogP contribution in [0.5, 0.6) is 11.5 Å². The second-order valence-electron chi connectivity index (χ2n) is 5.33. The van der Waals surface area contributed by atoms with Gasteiger partial charge in [0, 0.05) is 13.6 Å². The van der Waals surface area contributed by atoms with Gasteiger partial charge in [-0.05, 0) is 43.7 Å². The number of amides is 1. The fraction of sp³-hybridized carbons (Fsp3) is 0.562. The Morgan fingerprint density at radius 3 is 2.67 bits per heavy atom. The summed E-state index contributed by atoms with van der Waals surface area (Å²) in [5.41, 5.74) is 0. The molecule has 2 rings (SSSR count). The minimum Gasteiger partial charge on any atom is -0.497 e. The van der Waals surface area contributed by atoms with E-state index in [0.717, 1.165) is 37.4 Å². The van der Waals surface area contributed by atoms with Crippen molar-refractivity contribution < 1.29 is 14.3 Å². The van der Waals surface area contributed by atoms with Crippen LogP contribution in [-0.2, 0) is 4.79 Å². The highest BCUT2D eigenvalue weighted by Crippen LogP contribution is 2.17. The molecular weight excluding hydrogens is 268 g/mol. The van der Waals surface area contributed by atoms with Crippen LogP contribution in [0.15, 0.2) is 24.3 Å². The fourth-order valence-electron chi connectivity index (χ4n) is 2.46. The molecule has 0 saturated carbocycles. The molecule has 1 aliphatic rings. The monoisotopic (exact) mass is 292 g/mol. The summed E-state index contributed by atoms with van der Waals surface area (Å²) < 4.78 is 10.7. The third-order valence-corrected chi connectivity index (χ3v) is 3.78. The van der Waals surface area contributed by atoms with Gasteiger partial charge in [-0.15, -0.1) is 0 Å². The summed E-state index contributed by atoms with van der Waals surface area (Å²) in [7, 11) is 3.48. The molecule has 1 aliphatic heterocycles. The van der Waals surface area contributed by atoms with Gasteiger partial charge in [0.25, 0.3) is 0 Å². The van der Waals surface area contributed by atoms with Gasteiger partial charge in [-0.25, -0.2) is 0 Å². The van der Waals surface area contributed by atoms with Crippen molar-refractivity contribution in [2.45, 2.75) is 12.8 Å². The van der Waals surface area contributed by atoms with Crippen molar-refractivity contribution in [3.63, 3.8) is 0 Å². The van der Waals surface area contributed by atoms with E-state index in [9.17, 15) is 4.79 Å². The van der Waals surface area contributed by atoms with Crippen LogP contribution in [0.25, 0.3) is 0 Å². The molecule has 5 heteroatoms. The molecule has 1 unspecified atom stereocenters. The van der Waals surface area contributed by atoms with E-state index in [4.69, 9.17) is 9.47 Å². The molecule has 1 N–H and O–H groups in total. The number of nitrogens with one attached hydrogen (secondary N) is 1. The Labute approximate surface area is 126 Å². The van der Waals surface area contributed by atoms with E-state index < -0.39 is 0 Å². The lowest BCUT2D eigenvalue weighted by molar-refractivity contribution is -0.135. The SMILES string of the molecule is COc1ccc(OCCN(C)C(=O)C2CCCNC2)cc1. The summed E-state index contributed by atoms with van der Waals surface area (Å²) in [6.45, 7) is 2.91. The minimum atomic E-state index is 0.115. The van der Waals surface area contributed by atoms with Crippen molar-refractivity contribution in [1.82, 2.24) is 10.2 Å². The smallest absolute Gasteiger partial charge is 0.226 e. The van der Waals surface area contributed by atoms with Crippen LogP contribution in [0.2, 0.25) is 0 Å². The van der Waals surface area contributed by atoms with Crippen LogP contribution >= 0.6 is 0 Å². The second kappa shape index (κ2) is 7.88. The van der Waals surface area contributed by atoms with Crippen molar-refractivity contribution in [1.29, 1.82) is 0 Å². The predicted molar refractivity (Wildman–Crippen MR) is 81.7 cm³/mol. The maximum absolute atomic E-state index is 12.2. The van der Waals surface area contributed by atoms with Gasteiger partial charge in [-0.1, -0.05) is 0 Å². The molecule has 21 heavy (non-hydrogen) atoms. The molecule has 1 saturated heterocycles. The van der Waals surface area contributed by atoms with Crippen LogP contribution in [0.3, 0.4) is 0 Å². The second-order valence-corrected chi connectivity index (χ2v) is 5.33. The first-order chi connectivity index (χ1) is 10.2. The lowest BCUT2D eigenvalue weighted by Crippen LogP contribution is -2.42. The van der Waals surface area contributed by atoms with Gasteiger partial charge < -0.3 is 19.7 Å². The van der Waals surface area contributed by atoms with Gasteiger partial charge in [-0.3, -0.25) is 4.79 Å². The molecule has 1 fully saturated rings. The first-order valence-electron chi connectivity index (χ1n) is 7.43. The molecule has 1 aromatic rings. The van der Waals surface area contributed by atoms with Crippen molar-refractivity contribution in [3.05, 3.63) is 24.3 Å². The third kappa shape index (κ3) is 4.63. The summed E-state index contributed by atoms with van der Waals surface area (Å²) in [6, 6.07) is 7.45. The van der Waals surface area contributed by atoms with E-state index in [-0.39, 0.29) is 11.8 Å². The summed E-state index contributed by atoms with van der Waals surface area (Å²) in [4.78, 5) is 14.0. The van der Waals surface area contributed by atoms with Gasteiger partial charge in [0.1, 0.15) is 18.1 Å². The minimum absolute atomic E-state index is 0.115. The number of ether oxygens (including phenoxy) is 2. The Hall–Kier alpha value is -1.75. The topological polar surface area (TPSA) is 50.8 Å². The summed E-state index contributed by atoms with van der Waals surface area (Å²) in [5, 5.41) is 3.27. The van der Waals surface area contributed by atoms with Crippen LogP contribution in [0, 0.1) is 5.92 Å². The average molecular weight is 292 g/mol. The molecule has 1 heterocycles. The number of hydrogen-bond acceptors (Lipinski definition) is 4. The fourth-order valence-corrected chi connectivity index (χ4v) is 2.46. The Balaban J connectivity index is 1.72. The van der Waals surface area contributed by atoms with E-state index in [0.29, 0.717) is 13.2 Å². The first kappa shape index (κ1) is 15.6. The van der Waals surface area contributed by atoms with E-state index in [2.05, 4.69) is 5.32 Å². The van der Waals surface area contributed by atoms with Crippen molar-refractivity contribution in [2.75, 3.05) is 40.4 Å². The molecule has 0 aliphatic carbocycles. The van der Waals surface area contributed by atoms with Crippen LogP contribution in [-0.4, -0.2) is 51.2 Å². The van der Waals surface area contributed by atoms with E-state index >= 15 is 0 Å². The van der Waals surface area contributed by atoms with Crippen molar-refractivity contribution in [3.8, 4) is 11.5 Å². The van der Waals surface area contributed by atoms with Gasteiger partial charge in [0.2, 0.25) is 5.91 Å². The van der Waals surface area contributed by atoms with Crippen LogP contribution in [0.1, 0.15) is 12.8 Å². The molecular formula is C16H24N2O3. The number of carbonyl (C=O) groups excluding carboxylic acids is 1. The number of likely N-dealkylation sites (N-methyl/N-ethyl adjacent to an activating group) is 1. The summed E-state index contributed by atoms with van der Waals surface area (Å²) >= 11 is 0. The Kier molecular flexibility index (Phi) is 5.87. The Morgan fingerprint density at radius 2 is 2.05 bits per heavy atom. The standard InChI is InChI=1S/C16H24N2O3/c1-18(16(19)13-4-3-9-17-12-13)10-11-21-15-7-5-14(20-2)6-8-15/h5-8,13,17H,3-4,9-12H2,1-2H3. The molecule has 0 radical (unpaired) electrons. The Bertz CT molecular complexity index is 441. The number of piperidine rings is 1. The first-order valence-corrected chi connectivity index (χ1v) is 7.43. The molecule has 0 bridgehead atoms. The van der Waals surface area contributed by atoms with Crippen LogP contribution < -0.4 is 14.8 Å². The highest BCUT2D eigenvalue weighted by molar-refractivity contribution is 5.78. The third-order valence-electron chi connectivity index (χ3n) is 3.78. The molecule has 1 amide bonds. The number of hydrogen-bond donors (Lipinski definition) is 1. The normalized spacial score (nSPS) is 18.1. The zero-order valence-corrected chi connectivity index (χ0v) is 12.8. The highest BCUT2D eigenvalue weighted by Gasteiger charge is 2.23. The Morgan fingerprint density at radius 1 is 1.33 bits per heavy atom. The molecule has 1 atom stereocenters.